The van der Waals surface area contributed by atoms with Gasteiger partial charge in [0.25, 0.3) is 5.91 Å². The van der Waals surface area contributed by atoms with E-state index in [1.807, 2.05) is 12.1 Å². The zero-order valence-corrected chi connectivity index (χ0v) is 17.9. The number of hydroxylamine groups is 1. The van der Waals surface area contributed by atoms with Crippen molar-refractivity contribution in [1.82, 2.24) is 5.48 Å². The van der Waals surface area contributed by atoms with E-state index in [1.54, 1.807) is 30.3 Å². The van der Waals surface area contributed by atoms with Gasteiger partial charge in [0, 0.05) is 34.1 Å². The molecular formula is C22H24Cl2N2O3. The molecule has 2 aromatic carbocycles. The lowest BCUT2D eigenvalue weighted by Crippen LogP contribution is -2.50. The van der Waals surface area contributed by atoms with Crippen LogP contribution < -0.4 is 10.8 Å². The highest BCUT2D eigenvalue weighted by Crippen LogP contribution is 2.40. The Balaban J connectivity index is 1.87. The van der Waals surface area contributed by atoms with E-state index in [4.69, 9.17) is 28.0 Å². The first kappa shape index (κ1) is 21.6. The fourth-order valence-corrected chi connectivity index (χ4v) is 3.76. The maximum Gasteiger partial charge on any atom is 0.324 e. The number of halogens is 2. The summed E-state index contributed by atoms with van der Waals surface area (Å²) in [6.07, 6.45) is 2.27. The van der Waals surface area contributed by atoms with Gasteiger partial charge in [0.2, 0.25) is 0 Å². The third-order valence-electron chi connectivity index (χ3n) is 5.31. The van der Waals surface area contributed by atoms with Gasteiger partial charge in [-0.1, -0.05) is 61.7 Å². The smallest absolute Gasteiger partial charge is 0.324 e. The number of amides is 1. The molecule has 7 heteroatoms. The molecule has 0 radical (unpaired) electrons. The van der Waals surface area contributed by atoms with Crippen molar-refractivity contribution in [2.45, 2.75) is 45.1 Å². The zero-order valence-electron chi connectivity index (χ0n) is 16.4. The van der Waals surface area contributed by atoms with E-state index in [2.05, 4.69) is 24.6 Å². The minimum atomic E-state index is -1.27. The molecule has 1 amide bonds. The number of hydrogen-bond acceptors (Lipinski definition) is 4. The third kappa shape index (κ3) is 4.92. The third-order valence-corrected chi connectivity index (χ3v) is 5.78. The molecule has 0 unspecified atom stereocenters. The average molecular weight is 435 g/mol. The molecule has 1 heterocycles. The first-order valence-electron chi connectivity index (χ1n) is 9.67. The molecule has 2 atom stereocenters. The maximum atomic E-state index is 13.0. The van der Waals surface area contributed by atoms with E-state index >= 15 is 0 Å². The molecule has 0 aliphatic carbocycles. The van der Waals surface area contributed by atoms with Gasteiger partial charge in [0.15, 0.2) is 5.54 Å². The lowest BCUT2D eigenvalue weighted by molar-refractivity contribution is -0.159. The van der Waals surface area contributed by atoms with Crippen LogP contribution in [0.15, 0.2) is 42.5 Å². The van der Waals surface area contributed by atoms with Gasteiger partial charge in [-0.15, -0.1) is 5.48 Å². The Labute approximate surface area is 180 Å². The Kier molecular flexibility index (Phi) is 6.83. The van der Waals surface area contributed by atoms with Crippen LogP contribution in [0.3, 0.4) is 0 Å². The molecule has 1 aliphatic heterocycles. The molecule has 0 spiro atoms. The van der Waals surface area contributed by atoms with E-state index in [1.165, 1.54) is 0 Å². The number of carbonyl (C=O) groups is 2. The molecule has 3 rings (SSSR count). The van der Waals surface area contributed by atoms with Crippen LogP contribution in [0, 0.1) is 5.92 Å². The first-order chi connectivity index (χ1) is 13.8. The van der Waals surface area contributed by atoms with E-state index in [0.29, 0.717) is 27.2 Å². The molecule has 29 heavy (non-hydrogen) atoms. The van der Waals surface area contributed by atoms with Crippen molar-refractivity contribution in [2.75, 3.05) is 5.32 Å². The summed E-state index contributed by atoms with van der Waals surface area (Å²) >= 11 is 12.2. The minimum absolute atomic E-state index is 0.257. The largest absolute Gasteiger partial charge is 0.369 e. The lowest BCUT2D eigenvalue weighted by Gasteiger charge is -2.28. The van der Waals surface area contributed by atoms with Gasteiger partial charge in [-0.2, -0.15) is 0 Å². The van der Waals surface area contributed by atoms with Crippen LogP contribution in [0.4, 0.5) is 5.69 Å². The normalized spacial score (nSPS) is 18.8. The molecule has 0 aromatic heterocycles. The van der Waals surface area contributed by atoms with Crippen LogP contribution in [0.2, 0.25) is 10.0 Å². The average Bonchev–Trinajstić information content (AvgIpc) is 2.95. The molecule has 2 N–H and O–H groups in total. The molecule has 1 aliphatic rings. The van der Waals surface area contributed by atoms with Crippen LogP contribution in [0.1, 0.15) is 44.2 Å². The number of rotatable bonds is 8. The summed E-state index contributed by atoms with van der Waals surface area (Å²) in [6, 6.07) is 12.4. The zero-order chi connectivity index (χ0) is 21.0. The second-order valence-corrected chi connectivity index (χ2v) is 8.36. The second-order valence-electron chi connectivity index (χ2n) is 7.48. The van der Waals surface area contributed by atoms with Crippen molar-refractivity contribution in [1.29, 1.82) is 0 Å². The highest BCUT2D eigenvalue weighted by atomic mass is 35.5. The van der Waals surface area contributed by atoms with Crippen molar-refractivity contribution in [2.24, 2.45) is 5.92 Å². The van der Waals surface area contributed by atoms with Crippen molar-refractivity contribution >= 4 is 40.8 Å². The van der Waals surface area contributed by atoms with E-state index in [9.17, 15) is 9.59 Å². The van der Waals surface area contributed by atoms with E-state index < -0.39 is 11.5 Å². The standard InChI is InChI=1S/C22H24Cl2N2O3/c1-3-14(2)7-10-20(27)29-26-22(13-15-5-4-6-16(23)11-15)18-9-8-17(24)12-19(18)25-21(22)28/h4-6,8-9,11-12,14,26H,3,7,10,13H2,1-2H3,(H,25,28)/t14-,22-/m0/s1. The van der Waals surface area contributed by atoms with Crippen LogP contribution >= 0.6 is 23.2 Å². The minimum Gasteiger partial charge on any atom is -0.369 e. The summed E-state index contributed by atoms with van der Waals surface area (Å²) in [5, 5.41) is 3.91. The van der Waals surface area contributed by atoms with Gasteiger partial charge >= 0.3 is 5.97 Å². The summed E-state index contributed by atoms with van der Waals surface area (Å²) < 4.78 is 0. The summed E-state index contributed by atoms with van der Waals surface area (Å²) in [6.45, 7) is 4.17. The second kappa shape index (κ2) is 9.16. The Morgan fingerprint density at radius 3 is 2.69 bits per heavy atom. The number of hydrogen-bond donors (Lipinski definition) is 2. The maximum absolute atomic E-state index is 13.0. The Morgan fingerprint density at radius 1 is 1.21 bits per heavy atom. The fraction of sp³-hybridized carbons (Fsp3) is 0.364. The number of anilines is 1. The van der Waals surface area contributed by atoms with Crippen LogP contribution in [-0.2, 0) is 26.4 Å². The molecule has 154 valence electrons. The van der Waals surface area contributed by atoms with Crippen LogP contribution in [-0.4, -0.2) is 11.9 Å². The first-order valence-corrected chi connectivity index (χ1v) is 10.4. The monoisotopic (exact) mass is 434 g/mol. The summed E-state index contributed by atoms with van der Waals surface area (Å²) in [4.78, 5) is 30.7. The van der Waals surface area contributed by atoms with Crippen molar-refractivity contribution < 1.29 is 14.4 Å². The van der Waals surface area contributed by atoms with Crippen molar-refractivity contribution in [3.05, 3.63) is 63.6 Å². The quantitative estimate of drug-likeness (QED) is 0.556. The Morgan fingerprint density at radius 2 is 1.97 bits per heavy atom. The molecule has 0 bridgehead atoms. The van der Waals surface area contributed by atoms with Crippen LogP contribution in [0.25, 0.3) is 0 Å². The van der Waals surface area contributed by atoms with Gasteiger partial charge in [-0.3, -0.25) is 9.59 Å². The lowest BCUT2D eigenvalue weighted by atomic mass is 9.85. The number of benzene rings is 2. The number of fused-ring (bicyclic) bond motifs is 1. The van der Waals surface area contributed by atoms with Gasteiger partial charge in [-0.25, -0.2) is 0 Å². The van der Waals surface area contributed by atoms with Gasteiger partial charge in [0.1, 0.15) is 0 Å². The number of nitrogens with one attached hydrogen (secondary N) is 2. The van der Waals surface area contributed by atoms with Crippen LogP contribution in [0.5, 0.6) is 0 Å². The van der Waals surface area contributed by atoms with Gasteiger partial charge < -0.3 is 10.2 Å². The fourth-order valence-electron chi connectivity index (χ4n) is 3.37. The molecule has 0 fully saturated rings. The van der Waals surface area contributed by atoms with E-state index in [0.717, 1.165) is 18.4 Å². The highest BCUT2D eigenvalue weighted by Gasteiger charge is 2.48. The molecule has 0 saturated carbocycles. The SMILES string of the molecule is CC[C@H](C)CCC(=O)ON[C@]1(Cc2cccc(Cl)c2)C(=O)Nc2cc(Cl)ccc21. The summed E-state index contributed by atoms with van der Waals surface area (Å²) in [5.41, 5.74) is 3.61. The van der Waals surface area contributed by atoms with Crippen molar-refractivity contribution in [3.63, 3.8) is 0 Å². The predicted octanol–water partition coefficient (Wildman–Crippen LogP) is 5.26. The predicted molar refractivity (Wildman–Crippen MR) is 115 cm³/mol. The van der Waals surface area contributed by atoms with Gasteiger partial charge in [-0.05, 0) is 42.2 Å². The van der Waals surface area contributed by atoms with Gasteiger partial charge in [0.05, 0.1) is 0 Å². The topological polar surface area (TPSA) is 67.4 Å². The Bertz CT molecular complexity index is 919. The molecule has 2 aromatic rings. The summed E-state index contributed by atoms with van der Waals surface area (Å²) in [5.74, 6) is -0.281. The highest BCUT2D eigenvalue weighted by molar-refractivity contribution is 6.31. The molecule has 0 saturated heterocycles. The Hall–Kier alpha value is -2.08. The van der Waals surface area contributed by atoms with Crippen molar-refractivity contribution in [3.8, 4) is 0 Å². The molecular weight excluding hydrogens is 411 g/mol. The van der Waals surface area contributed by atoms with E-state index in [-0.39, 0.29) is 18.7 Å². The molecule has 5 nitrogen and oxygen atoms in total. The number of carbonyl (C=O) groups excluding carboxylic acids is 2. The summed E-state index contributed by atoms with van der Waals surface area (Å²) in [7, 11) is 0.